The molecule has 0 unspecified atom stereocenters. The van der Waals surface area contributed by atoms with Crippen molar-refractivity contribution in [2.24, 2.45) is 0 Å². The number of carboxylic acids is 1. The number of carbonyl (C=O) groups is 2. The third-order valence-electron chi connectivity index (χ3n) is 4.25. The molecular weight excluding hydrogens is 320 g/mol. The van der Waals surface area contributed by atoms with E-state index in [1.54, 1.807) is 18.2 Å². The minimum atomic E-state index is -0.914. The highest BCUT2D eigenvalue weighted by Gasteiger charge is 2.32. The largest absolute Gasteiger partial charge is 0.478 e. The summed E-state index contributed by atoms with van der Waals surface area (Å²) < 4.78 is 5.51. The molecule has 2 rings (SSSR count). The maximum atomic E-state index is 12.4. The van der Waals surface area contributed by atoms with Crippen LogP contribution < -0.4 is 0 Å². The molecule has 0 saturated carbocycles. The highest BCUT2D eigenvalue weighted by molar-refractivity contribution is 5.87. The lowest BCUT2D eigenvalue weighted by molar-refractivity contribution is -0.00303. The number of aromatic carboxylic acids is 1. The molecule has 1 aliphatic heterocycles. The Morgan fingerprint density at radius 1 is 1.28 bits per heavy atom. The SMILES string of the molecule is CC[C@@H]1CN(Cc2cccc(C(=O)O)c2)CCN1C(=O)OC(C)(C)C. The molecule has 25 heavy (non-hydrogen) atoms. The van der Waals surface area contributed by atoms with E-state index in [9.17, 15) is 9.59 Å². The molecule has 0 aliphatic carbocycles. The van der Waals surface area contributed by atoms with Crippen LogP contribution in [-0.2, 0) is 11.3 Å². The number of carbonyl (C=O) groups excluding carboxylic acids is 1. The number of rotatable bonds is 4. The first-order valence-corrected chi connectivity index (χ1v) is 8.74. The van der Waals surface area contributed by atoms with E-state index in [4.69, 9.17) is 9.84 Å². The van der Waals surface area contributed by atoms with Gasteiger partial charge in [0.2, 0.25) is 0 Å². The van der Waals surface area contributed by atoms with E-state index < -0.39 is 11.6 Å². The van der Waals surface area contributed by atoms with E-state index >= 15 is 0 Å². The van der Waals surface area contributed by atoms with Gasteiger partial charge in [0, 0.05) is 32.2 Å². The number of hydrogen-bond acceptors (Lipinski definition) is 4. The first kappa shape index (κ1) is 19.2. The Morgan fingerprint density at radius 2 is 2.00 bits per heavy atom. The van der Waals surface area contributed by atoms with Crippen LogP contribution in [0.15, 0.2) is 24.3 Å². The zero-order valence-corrected chi connectivity index (χ0v) is 15.5. The number of hydrogen-bond donors (Lipinski definition) is 1. The molecule has 1 heterocycles. The summed E-state index contributed by atoms with van der Waals surface area (Å²) in [6, 6.07) is 7.12. The Kier molecular flexibility index (Phi) is 6.06. The minimum Gasteiger partial charge on any atom is -0.478 e. The minimum absolute atomic E-state index is 0.103. The third-order valence-corrected chi connectivity index (χ3v) is 4.25. The molecular formula is C19H28N2O4. The number of piperazine rings is 1. The lowest BCUT2D eigenvalue weighted by Crippen LogP contribution is -2.55. The molecule has 6 nitrogen and oxygen atoms in total. The zero-order chi connectivity index (χ0) is 18.6. The van der Waals surface area contributed by atoms with Gasteiger partial charge in [-0.15, -0.1) is 0 Å². The molecule has 1 fully saturated rings. The van der Waals surface area contributed by atoms with Crippen LogP contribution >= 0.6 is 0 Å². The summed E-state index contributed by atoms with van der Waals surface area (Å²) in [5.41, 5.74) is 0.779. The summed E-state index contributed by atoms with van der Waals surface area (Å²) in [6.45, 7) is 10.5. The first-order chi connectivity index (χ1) is 11.7. The summed E-state index contributed by atoms with van der Waals surface area (Å²) in [4.78, 5) is 27.6. The fraction of sp³-hybridized carbons (Fsp3) is 0.579. The van der Waals surface area contributed by atoms with Gasteiger partial charge < -0.3 is 14.7 Å². The van der Waals surface area contributed by atoms with Crippen LogP contribution in [-0.4, -0.2) is 58.2 Å². The Hall–Kier alpha value is -2.08. The molecule has 0 spiro atoms. The normalized spacial score (nSPS) is 18.9. The molecule has 6 heteroatoms. The van der Waals surface area contributed by atoms with Crippen molar-refractivity contribution in [3.05, 3.63) is 35.4 Å². The van der Waals surface area contributed by atoms with Crippen molar-refractivity contribution in [1.29, 1.82) is 0 Å². The van der Waals surface area contributed by atoms with E-state index in [-0.39, 0.29) is 12.1 Å². The standard InChI is InChI=1S/C19H28N2O4/c1-5-16-13-20(9-10-21(16)18(24)25-19(2,3)4)12-14-7-6-8-15(11-14)17(22)23/h6-8,11,16H,5,9-10,12-13H2,1-4H3,(H,22,23)/t16-/m1/s1. The summed E-state index contributed by atoms with van der Waals surface area (Å²) in [7, 11) is 0. The molecule has 0 bridgehead atoms. The second-order valence-electron chi connectivity index (χ2n) is 7.48. The van der Waals surface area contributed by atoms with Gasteiger partial charge in [0.1, 0.15) is 5.60 Å². The highest BCUT2D eigenvalue weighted by atomic mass is 16.6. The van der Waals surface area contributed by atoms with E-state index in [0.29, 0.717) is 18.7 Å². The van der Waals surface area contributed by atoms with Gasteiger partial charge in [0.15, 0.2) is 0 Å². The molecule has 1 aliphatic rings. The van der Waals surface area contributed by atoms with Crippen LogP contribution in [0.5, 0.6) is 0 Å². The Morgan fingerprint density at radius 3 is 2.60 bits per heavy atom. The molecule has 1 N–H and O–H groups in total. The highest BCUT2D eigenvalue weighted by Crippen LogP contribution is 2.19. The van der Waals surface area contributed by atoms with Crippen molar-refractivity contribution in [2.75, 3.05) is 19.6 Å². The van der Waals surface area contributed by atoms with Crippen molar-refractivity contribution in [3.8, 4) is 0 Å². The topological polar surface area (TPSA) is 70.1 Å². The van der Waals surface area contributed by atoms with Gasteiger partial charge >= 0.3 is 12.1 Å². The second-order valence-corrected chi connectivity index (χ2v) is 7.48. The van der Waals surface area contributed by atoms with Gasteiger partial charge in [-0.25, -0.2) is 9.59 Å². The van der Waals surface area contributed by atoms with Crippen molar-refractivity contribution in [3.63, 3.8) is 0 Å². The number of nitrogens with zero attached hydrogens (tertiary/aromatic N) is 2. The lowest BCUT2D eigenvalue weighted by atomic mass is 10.1. The quantitative estimate of drug-likeness (QED) is 0.905. The third kappa shape index (κ3) is 5.46. The maximum absolute atomic E-state index is 12.4. The predicted molar refractivity (Wildman–Crippen MR) is 95.7 cm³/mol. The van der Waals surface area contributed by atoms with Crippen LogP contribution in [0.25, 0.3) is 0 Å². The Bertz CT molecular complexity index is 624. The molecule has 0 aromatic heterocycles. The average Bonchev–Trinajstić information content (AvgIpc) is 2.53. The lowest BCUT2D eigenvalue weighted by Gasteiger charge is -2.41. The van der Waals surface area contributed by atoms with Gasteiger partial charge in [-0.05, 0) is 44.9 Å². The van der Waals surface area contributed by atoms with E-state index in [1.165, 1.54) is 0 Å². The van der Waals surface area contributed by atoms with Gasteiger partial charge in [0.25, 0.3) is 0 Å². The monoisotopic (exact) mass is 348 g/mol. The van der Waals surface area contributed by atoms with Gasteiger partial charge in [-0.3, -0.25) is 4.90 Å². The van der Waals surface area contributed by atoms with Crippen molar-refractivity contribution >= 4 is 12.1 Å². The molecule has 1 amide bonds. The summed E-state index contributed by atoms with van der Waals surface area (Å²) in [5, 5.41) is 9.11. The molecule has 1 aromatic carbocycles. The van der Waals surface area contributed by atoms with E-state index in [0.717, 1.165) is 25.1 Å². The van der Waals surface area contributed by atoms with Gasteiger partial charge in [0.05, 0.1) is 5.56 Å². The smallest absolute Gasteiger partial charge is 0.410 e. The predicted octanol–water partition coefficient (Wildman–Crippen LogP) is 3.22. The van der Waals surface area contributed by atoms with Crippen molar-refractivity contribution in [1.82, 2.24) is 9.80 Å². The van der Waals surface area contributed by atoms with E-state index in [2.05, 4.69) is 11.8 Å². The number of carboxylic acid groups (broad SMARTS) is 1. The first-order valence-electron chi connectivity index (χ1n) is 8.74. The summed E-state index contributed by atoms with van der Waals surface area (Å²) >= 11 is 0. The van der Waals surface area contributed by atoms with Crippen LogP contribution in [0.3, 0.4) is 0 Å². The van der Waals surface area contributed by atoms with Crippen molar-refractivity contribution in [2.45, 2.75) is 52.3 Å². The van der Waals surface area contributed by atoms with Gasteiger partial charge in [-0.2, -0.15) is 0 Å². The zero-order valence-electron chi connectivity index (χ0n) is 15.5. The fourth-order valence-electron chi connectivity index (χ4n) is 3.03. The number of amides is 1. The average molecular weight is 348 g/mol. The summed E-state index contributed by atoms with van der Waals surface area (Å²) in [5.74, 6) is -0.914. The van der Waals surface area contributed by atoms with Crippen LogP contribution in [0.4, 0.5) is 4.79 Å². The molecule has 138 valence electrons. The summed E-state index contributed by atoms with van der Waals surface area (Å²) in [6.07, 6.45) is 0.595. The maximum Gasteiger partial charge on any atom is 0.410 e. The molecule has 0 radical (unpaired) electrons. The van der Waals surface area contributed by atoms with Crippen LogP contribution in [0, 0.1) is 0 Å². The Labute approximate surface area is 149 Å². The van der Waals surface area contributed by atoms with Crippen molar-refractivity contribution < 1.29 is 19.4 Å². The van der Waals surface area contributed by atoms with E-state index in [1.807, 2.05) is 31.7 Å². The number of benzene rings is 1. The van der Waals surface area contributed by atoms with Crippen LogP contribution in [0.2, 0.25) is 0 Å². The number of ether oxygens (including phenoxy) is 1. The molecule has 1 aromatic rings. The fourth-order valence-corrected chi connectivity index (χ4v) is 3.03. The second kappa shape index (κ2) is 7.87. The molecule has 1 saturated heterocycles. The van der Waals surface area contributed by atoms with Gasteiger partial charge in [-0.1, -0.05) is 19.1 Å². The van der Waals surface area contributed by atoms with Crippen LogP contribution in [0.1, 0.15) is 50.0 Å². The molecule has 1 atom stereocenters. The Balaban J connectivity index is 2.00.